The summed E-state index contributed by atoms with van der Waals surface area (Å²) in [6.07, 6.45) is 5.04. The Balaban J connectivity index is 1.31. The summed E-state index contributed by atoms with van der Waals surface area (Å²) in [6, 6.07) is 15.4. The van der Waals surface area contributed by atoms with Crippen molar-refractivity contribution in [3.05, 3.63) is 60.3 Å². The Labute approximate surface area is 177 Å². The first-order chi connectivity index (χ1) is 14.7. The molecule has 0 atom stereocenters. The molecule has 6 heteroatoms. The number of fused-ring (bicyclic) bond motifs is 1. The molecule has 1 aromatic heterocycles. The van der Waals surface area contributed by atoms with Crippen molar-refractivity contribution >= 4 is 16.9 Å². The molecule has 0 radical (unpaired) electrons. The highest BCUT2D eigenvalue weighted by molar-refractivity contribution is 5.78. The van der Waals surface area contributed by atoms with Crippen LogP contribution in [0.15, 0.2) is 54.7 Å². The van der Waals surface area contributed by atoms with Gasteiger partial charge in [0.05, 0.1) is 19.7 Å². The predicted octanol–water partition coefficient (Wildman–Crippen LogP) is 4.51. The standard InChI is InChI=1S/C24H28N2O4/c1-28-20-11-12-22(23(15-20)29-2)30-24(27)10-4-3-7-13-25-16-18-14-19-8-5-6-9-21(19)26-17-18/h5-6,8-9,11-12,14-15,17,25H,3-4,7,10,13,16H2,1-2H3. The van der Waals surface area contributed by atoms with Gasteiger partial charge in [0.2, 0.25) is 0 Å². The first-order valence-electron chi connectivity index (χ1n) is 10.2. The van der Waals surface area contributed by atoms with Gasteiger partial charge in [-0.3, -0.25) is 9.78 Å². The zero-order valence-corrected chi connectivity index (χ0v) is 17.5. The van der Waals surface area contributed by atoms with Crippen LogP contribution in [-0.2, 0) is 11.3 Å². The van der Waals surface area contributed by atoms with Crippen LogP contribution in [0.25, 0.3) is 10.9 Å². The summed E-state index contributed by atoms with van der Waals surface area (Å²) < 4.78 is 15.8. The number of nitrogens with one attached hydrogen (secondary N) is 1. The predicted molar refractivity (Wildman–Crippen MR) is 117 cm³/mol. The van der Waals surface area contributed by atoms with E-state index in [4.69, 9.17) is 14.2 Å². The first kappa shape index (κ1) is 21.6. The zero-order chi connectivity index (χ0) is 21.2. The minimum atomic E-state index is -0.256. The van der Waals surface area contributed by atoms with Gasteiger partial charge in [0.1, 0.15) is 5.75 Å². The van der Waals surface area contributed by atoms with Crippen LogP contribution in [0.2, 0.25) is 0 Å². The summed E-state index contributed by atoms with van der Waals surface area (Å²) in [7, 11) is 3.11. The second-order valence-electron chi connectivity index (χ2n) is 7.01. The van der Waals surface area contributed by atoms with Crippen LogP contribution in [0, 0.1) is 0 Å². The average molecular weight is 408 g/mol. The summed E-state index contributed by atoms with van der Waals surface area (Å²) in [5.41, 5.74) is 2.19. The molecule has 1 heterocycles. The highest BCUT2D eigenvalue weighted by atomic mass is 16.6. The summed E-state index contributed by atoms with van der Waals surface area (Å²) in [4.78, 5) is 16.6. The fourth-order valence-electron chi connectivity index (χ4n) is 3.18. The molecule has 0 spiro atoms. The van der Waals surface area contributed by atoms with Gasteiger partial charge in [-0.25, -0.2) is 0 Å². The molecule has 0 saturated heterocycles. The monoisotopic (exact) mass is 408 g/mol. The van der Waals surface area contributed by atoms with E-state index in [9.17, 15) is 4.79 Å². The highest BCUT2D eigenvalue weighted by Crippen LogP contribution is 2.31. The van der Waals surface area contributed by atoms with Gasteiger partial charge in [0.15, 0.2) is 11.5 Å². The molecule has 3 aromatic rings. The number of methoxy groups -OCH3 is 2. The molecule has 1 N–H and O–H groups in total. The van der Waals surface area contributed by atoms with E-state index in [0.717, 1.165) is 43.3 Å². The number of ether oxygens (including phenoxy) is 3. The SMILES string of the molecule is COc1ccc(OC(=O)CCCCCNCc2cnc3ccccc3c2)c(OC)c1. The van der Waals surface area contributed by atoms with E-state index >= 15 is 0 Å². The highest BCUT2D eigenvalue weighted by Gasteiger charge is 2.11. The van der Waals surface area contributed by atoms with Crippen LogP contribution in [0.3, 0.4) is 0 Å². The minimum Gasteiger partial charge on any atom is -0.497 e. The number of carbonyl (C=O) groups is 1. The molecule has 0 unspecified atom stereocenters. The number of esters is 1. The van der Waals surface area contributed by atoms with Crippen LogP contribution < -0.4 is 19.5 Å². The van der Waals surface area contributed by atoms with Crippen LogP contribution in [0.5, 0.6) is 17.2 Å². The maximum absolute atomic E-state index is 12.1. The van der Waals surface area contributed by atoms with Gasteiger partial charge in [0.25, 0.3) is 0 Å². The van der Waals surface area contributed by atoms with E-state index in [1.165, 1.54) is 12.7 Å². The van der Waals surface area contributed by atoms with Crippen molar-refractivity contribution in [2.45, 2.75) is 32.2 Å². The van der Waals surface area contributed by atoms with Gasteiger partial charge >= 0.3 is 5.97 Å². The first-order valence-corrected chi connectivity index (χ1v) is 10.2. The molecule has 0 fully saturated rings. The van der Waals surface area contributed by atoms with Gasteiger partial charge in [0, 0.05) is 30.6 Å². The van der Waals surface area contributed by atoms with Crippen LogP contribution in [-0.4, -0.2) is 31.7 Å². The van der Waals surface area contributed by atoms with Gasteiger partial charge < -0.3 is 19.5 Å². The topological polar surface area (TPSA) is 69.7 Å². The number of hydrogen-bond donors (Lipinski definition) is 1. The molecule has 0 bridgehead atoms. The fourth-order valence-corrected chi connectivity index (χ4v) is 3.18. The molecule has 0 aliphatic heterocycles. The lowest BCUT2D eigenvalue weighted by atomic mass is 10.1. The van der Waals surface area contributed by atoms with Crippen molar-refractivity contribution < 1.29 is 19.0 Å². The Kier molecular flexibility index (Phi) is 8.03. The molecule has 6 nitrogen and oxygen atoms in total. The molecular weight excluding hydrogens is 380 g/mol. The second-order valence-corrected chi connectivity index (χ2v) is 7.01. The molecule has 0 saturated carbocycles. The quantitative estimate of drug-likeness (QED) is 0.286. The van der Waals surface area contributed by atoms with Crippen LogP contribution >= 0.6 is 0 Å². The van der Waals surface area contributed by atoms with E-state index in [-0.39, 0.29) is 5.97 Å². The number of rotatable bonds is 11. The number of pyridine rings is 1. The number of aromatic nitrogens is 1. The number of nitrogens with zero attached hydrogens (tertiary/aromatic N) is 1. The molecule has 158 valence electrons. The molecule has 3 rings (SSSR count). The number of unbranched alkanes of at least 4 members (excludes halogenated alkanes) is 2. The van der Waals surface area contributed by atoms with Crippen molar-refractivity contribution in [2.24, 2.45) is 0 Å². The summed E-state index contributed by atoms with van der Waals surface area (Å²) in [5.74, 6) is 1.29. The number of benzene rings is 2. The number of hydrogen-bond acceptors (Lipinski definition) is 6. The van der Waals surface area contributed by atoms with E-state index in [2.05, 4.69) is 22.4 Å². The molecule has 0 aliphatic rings. The molecule has 0 amide bonds. The van der Waals surface area contributed by atoms with Crippen molar-refractivity contribution in [1.29, 1.82) is 0 Å². The number of para-hydroxylation sites is 1. The largest absolute Gasteiger partial charge is 0.497 e. The van der Waals surface area contributed by atoms with Crippen molar-refractivity contribution in [2.75, 3.05) is 20.8 Å². The van der Waals surface area contributed by atoms with Gasteiger partial charge in [-0.2, -0.15) is 0 Å². The molecule has 2 aromatic carbocycles. The van der Waals surface area contributed by atoms with Crippen molar-refractivity contribution in [3.8, 4) is 17.2 Å². The Hall–Kier alpha value is -3.12. The average Bonchev–Trinajstić information content (AvgIpc) is 2.78. The van der Waals surface area contributed by atoms with E-state index in [1.54, 1.807) is 25.3 Å². The lowest BCUT2D eigenvalue weighted by Crippen LogP contribution is -2.15. The second kappa shape index (κ2) is 11.2. The lowest BCUT2D eigenvalue weighted by Gasteiger charge is -2.10. The molecule has 0 aliphatic carbocycles. The van der Waals surface area contributed by atoms with Gasteiger partial charge in [-0.05, 0) is 49.2 Å². The third kappa shape index (κ3) is 6.19. The van der Waals surface area contributed by atoms with Crippen molar-refractivity contribution in [3.63, 3.8) is 0 Å². The minimum absolute atomic E-state index is 0.256. The third-order valence-electron chi connectivity index (χ3n) is 4.81. The Morgan fingerprint density at radius 1 is 0.967 bits per heavy atom. The fraction of sp³-hybridized carbons (Fsp3) is 0.333. The Bertz CT molecular complexity index is 974. The van der Waals surface area contributed by atoms with Gasteiger partial charge in [-0.1, -0.05) is 24.6 Å². The number of carbonyl (C=O) groups excluding carboxylic acids is 1. The lowest BCUT2D eigenvalue weighted by molar-refractivity contribution is -0.134. The maximum Gasteiger partial charge on any atom is 0.311 e. The normalized spacial score (nSPS) is 10.7. The maximum atomic E-state index is 12.1. The smallest absolute Gasteiger partial charge is 0.311 e. The summed E-state index contributed by atoms with van der Waals surface area (Å²) >= 11 is 0. The van der Waals surface area contributed by atoms with E-state index in [1.807, 2.05) is 24.4 Å². The van der Waals surface area contributed by atoms with Crippen molar-refractivity contribution in [1.82, 2.24) is 10.3 Å². The Morgan fingerprint density at radius 2 is 1.83 bits per heavy atom. The van der Waals surface area contributed by atoms with Crippen LogP contribution in [0.1, 0.15) is 31.2 Å². The van der Waals surface area contributed by atoms with Crippen LogP contribution in [0.4, 0.5) is 0 Å². The third-order valence-corrected chi connectivity index (χ3v) is 4.81. The molecular formula is C24H28N2O4. The summed E-state index contributed by atoms with van der Waals surface area (Å²) in [5, 5.41) is 4.59. The van der Waals surface area contributed by atoms with Gasteiger partial charge in [-0.15, -0.1) is 0 Å². The zero-order valence-electron chi connectivity index (χ0n) is 17.5. The molecule has 30 heavy (non-hydrogen) atoms. The summed E-state index contributed by atoms with van der Waals surface area (Å²) in [6.45, 7) is 1.69. The van der Waals surface area contributed by atoms with E-state index in [0.29, 0.717) is 23.7 Å². The van der Waals surface area contributed by atoms with E-state index < -0.39 is 0 Å². The Morgan fingerprint density at radius 3 is 2.67 bits per heavy atom.